The summed E-state index contributed by atoms with van der Waals surface area (Å²) in [6, 6.07) is 13.2. The van der Waals surface area contributed by atoms with Crippen molar-refractivity contribution in [1.82, 2.24) is 0 Å². The number of methoxy groups -OCH3 is 3. The zero-order valence-electron chi connectivity index (χ0n) is 16.0. The topological polar surface area (TPSA) is 54.0 Å². The number of benzene rings is 2. The van der Waals surface area contributed by atoms with Crippen LogP contribution in [0.25, 0.3) is 0 Å². The molecule has 5 heteroatoms. The Bertz CT molecular complexity index is 716. The third-order valence-electron chi connectivity index (χ3n) is 4.67. The average Bonchev–Trinajstić information content (AvgIpc) is 2.71. The molecule has 5 nitrogen and oxygen atoms in total. The number of rotatable bonds is 8. The van der Waals surface area contributed by atoms with Gasteiger partial charge in [0, 0.05) is 5.41 Å². The second-order valence-corrected chi connectivity index (χ2v) is 6.27. The van der Waals surface area contributed by atoms with Gasteiger partial charge in [-0.15, -0.1) is 0 Å². The Kier molecular flexibility index (Phi) is 6.50. The molecule has 0 aliphatic rings. The third-order valence-corrected chi connectivity index (χ3v) is 4.67. The van der Waals surface area contributed by atoms with Crippen molar-refractivity contribution < 1.29 is 23.7 Å². The lowest BCUT2D eigenvalue weighted by atomic mass is 9.81. The van der Waals surface area contributed by atoms with Gasteiger partial charge in [0.15, 0.2) is 11.5 Å². The molecule has 0 N–H and O–H groups in total. The molecule has 0 spiro atoms. The van der Waals surface area contributed by atoms with Crippen molar-refractivity contribution in [2.24, 2.45) is 0 Å². The number of carbonyl (C=O) groups excluding carboxylic acids is 1. The summed E-state index contributed by atoms with van der Waals surface area (Å²) in [7, 11) is 4.54. The summed E-state index contributed by atoms with van der Waals surface area (Å²) in [6.07, 6.45) is 0.847. The van der Waals surface area contributed by atoms with Crippen LogP contribution in [0, 0.1) is 0 Å². The average molecular weight is 358 g/mol. The van der Waals surface area contributed by atoms with E-state index in [-0.39, 0.29) is 12.0 Å². The lowest BCUT2D eigenvalue weighted by Gasteiger charge is -2.28. The van der Waals surface area contributed by atoms with E-state index in [0.717, 1.165) is 12.0 Å². The largest absolute Gasteiger partial charge is 0.493 e. The lowest BCUT2D eigenvalue weighted by Crippen LogP contribution is -2.29. The number of hydrogen-bond donors (Lipinski definition) is 0. The van der Waals surface area contributed by atoms with Gasteiger partial charge in [-0.05, 0) is 24.1 Å². The predicted octanol–water partition coefficient (Wildman–Crippen LogP) is 4.24. The Labute approximate surface area is 154 Å². The molecule has 26 heavy (non-hydrogen) atoms. The molecule has 0 saturated heterocycles. The first-order valence-electron chi connectivity index (χ1n) is 8.51. The third kappa shape index (κ3) is 4.10. The van der Waals surface area contributed by atoms with Crippen LogP contribution in [0.15, 0.2) is 42.5 Å². The Hall–Kier alpha value is -2.69. The van der Waals surface area contributed by atoms with E-state index in [2.05, 4.69) is 26.0 Å². The highest BCUT2D eigenvalue weighted by Gasteiger charge is 2.27. The summed E-state index contributed by atoms with van der Waals surface area (Å²) in [5.41, 5.74) is 1.24. The number of hydrogen-bond acceptors (Lipinski definition) is 5. The molecule has 2 aromatic carbocycles. The number of carbonyl (C=O) groups is 1. The molecular formula is C21H26O5. The molecule has 1 atom stereocenters. The maximum absolute atomic E-state index is 12.6. The summed E-state index contributed by atoms with van der Waals surface area (Å²) in [5.74, 6) is 0.842. The van der Waals surface area contributed by atoms with Gasteiger partial charge >= 0.3 is 5.97 Å². The molecule has 0 aliphatic heterocycles. The summed E-state index contributed by atoms with van der Waals surface area (Å²) < 4.78 is 21.5. The SMILES string of the molecule is CCC(C)(COC(=O)c1cc(OC)c(OC)c(OC)c1)c1ccccc1. The quantitative estimate of drug-likeness (QED) is 0.661. The molecule has 0 amide bonds. The minimum Gasteiger partial charge on any atom is -0.493 e. The van der Waals surface area contributed by atoms with E-state index in [0.29, 0.717) is 22.8 Å². The molecule has 0 fully saturated rings. The normalized spacial score (nSPS) is 12.8. The first-order valence-corrected chi connectivity index (χ1v) is 8.51. The highest BCUT2D eigenvalue weighted by atomic mass is 16.5. The second-order valence-electron chi connectivity index (χ2n) is 6.27. The zero-order valence-corrected chi connectivity index (χ0v) is 16.0. The highest BCUT2D eigenvalue weighted by Crippen LogP contribution is 2.38. The van der Waals surface area contributed by atoms with Crippen molar-refractivity contribution in [3.05, 3.63) is 53.6 Å². The van der Waals surface area contributed by atoms with Crippen LogP contribution in [0.2, 0.25) is 0 Å². The Balaban J connectivity index is 2.22. The maximum Gasteiger partial charge on any atom is 0.338 e. The fraction of sp³-hybridized carbons (Fsp3) is 0.381. The van der Waals surface area contributed by atoms with Crippen LogP contribution in [-0.4, -0.2) is 33.9 Å². The van der Waals surface area contributed by atoms with Crippen LogP contribution in [-0.2, 0) is 10.2 Å². The molecule has 2 rings (SSSR count). The van der Waals surface area contributed by atoms with Gasteiger partial charge in [0.25, 0.3) is 0 Å². The first-order chi connectivity index (χ1) is 12.5. The van der Waals surface area contributed by atoms with Gasteiger partial charge in [0.2, 0.25) is 5.75 Å². The molecule has 1 unspecified atom stereocenters. The van der Waals surface area contributed by atoms with E-state index in [1.807, 2.05) is 18.2 Å². The van der Waals surface area contributed by atoms with E-state index < -0.39 is 5.97 Å². The molecule has 0 saturated carbocycles. The van der Waals surface area contributed by atoms with Gasteiger partial charge in [-0.1, -0.05) is 44.2 Å². The summed E-state index contributed by atoms with van der Waals surface area (Å²) in [4.78, 5) is 12.6. The van der Waals surface area contributed by atoms with Crippen LogP contribution in [0.1, 0.15) is 36.2 Å². The molecule has 0 aromatic heterocycles. The van der Waals surface area contributed by atoms with Crippen molar-refractivity contribution in [3.8, 4) is 17.2 Å². The number of esters is 1. The smallest absolute Gasteiger partial charge is 0.338 e. The zero-order chi connectivity index (χ0) is 19.2. The molecule has 2 aromatic rings. The van der Waals surface area contributed by atoms with Crippen LogP contribution in [0.4, 0.5) is 0 Å². The van der Waals surface area contributed by atoms with Crippen LogP contribution >= 0.6 is 0 Å². The van der Waals surface area contributed by atoms with Gasteiger partial charge < -0.3 is 18.9 Å². The van der Waals surface area contributed by atoms with Crippen molar-refractivity contribution in [3.63, 3.8) is 0 Å². The molecule has 0 bridgehead atoms. The van der Waals surface area contributed by atoms with Gasteiger partial charge in [-0.25, -0.2) is 4.79 Å². The van der Waals surface area contributed by atoms with Gasteiger partial charge in [-0.3, -0.25) is 0 Å². The second kappa shape index (κ2) is 8.61. The van der Waals surface area contributed by atoms with E-state index >= 15 is 0 Å². The van der Waals surface area contributed by atoms with Crippen molar-refractivity contribution in [2.75, 3.05) is 27.9 Å². The van der Waals surface area contributed by atoms with Crippen molar-refractivity contribution >= 4 is 5.97 Å². The molecule has 0 aliphatic carbocycles. The minimum atomic E-state index is -0.431. The highest BCUT2D eigenvalue weighted by molar-refractivity contribution is 5.91. The Morgan fingerprint density at radius 3 is 2.00 bits per heavy atom. The van der Waals surface area contributed by atoms with Gasteiger partial charge in [0.05, 0.1) is 26.9 Å². The maximum atomic E-state index is 12.6. The Morgan fingerprint density at radius 1 is 0.962 bits per heavy atom. The Morgan fingerprint density at radius 2 is 1.54 bits per heavy atom. The van der Waals surface area contributed by atoms with E-state index in [1.54, 1.807) is 12.1 Å². The standard InChI is InChI=1S/C21H26O5/c1-6-21(2,16-10-8-7-9-11-16)14-26-20(22)15-12-17(23-3)19(25-5)18(13-15)24-4/h7-13H,6,14H2,1-5H3. The fourth-order valence-electron chi connectivity index (χ4n) is 2.74. The van der Waals surface area contributed by atoms with E-state index in [9.17, 15) is 4.79 Å². The van der Waals surface area contributed by atoms with Crippen LogP contribution in [0.3, 0.4) is 0 Å². The monoisotopic (exact) mass is 358 g/mol. The first kappa shape index (κ1) is 19.6. The van der Waals surface area contributed by atoms with Crippen LogP contribution in [0.5, 0.6) is 17.2 Å². The summed E-state index contributed by atoms with van der Waals surface area (Å²) in [5, 5.41) is 0. The molecule has 0 radical (unpaired) electrons. The number of ether oxygens (including phenoxy) is 4. The predicted molar refractivity (Wildman–Crippen MR) is 100 cm³/mol. The van der Waals surface area contributed by atoms with E-state index in [4.69, 9.17) is 18.9 Å². The lowest BCUT2D eigenvalue weighted by molar-refractivity contribution is 0.0408. The molecule has 0 heterocycles. The van der Waals surface area contributed by atoms with E-state index in [1.165, 1.54) is 21.3 Å². The fourth-order valence-corrected chi connectivity index (χ4v) is 2.74. The molecule has 140 valence electrons. The summed E-state index contributed by atoms with van der Waals surface area (Å²) in [6.45, 7) is 4.45. The van der Waals surface area contributed by atoms with Gasteiger partial charge in [0.1, 0.15) is 6.61 Å². The molecular weight excluding hydrogens is 332 g/mol. The van der Waals surface area contributed by atoms with Gasteiger partial charge in [-0.2, -0.15) is 0 Å². The van der Waals surface area contributed by atoms with Crippen molar-refractivity contribution in [1.29, 1.82) is 0 Å². The van der Waals surface area contributed by atoms with Crippen molar-refractivity contribution in [2.45, 2.75) is 25.7 Å². The minimum absolute atomic E-state index is 0.252. The van der Waals surface area contributed by atoms with Crippen LogP contribution < -0.4 is 14.2 Å². The summed E-state index contributed by atoms with van der Waals surface area (Å²) >= 11 is 0.